The second kappa shape index (κ2) is 5.70. The summed E-state index contributed by atoms with van der Waals surface area (Å²) >= 11 is 1.07. The number of amides is 1. The zero-order valence-corrected chi connectivity index (χ0v) is 10.8. The number of hydrogen-bond donors (Lipinski definition) is 2. The van der Waals surface area contributed by atoms with Gasteiger partial charge in [0.1, 0.15) is 5.82 Å². The van der Waals surface area contributed by atoms with Gasteiger partial charge < -0.3 is 15.5 Å². The molecule has 0 aliphatic rings. The van der Waals surface area contributed by atoms with E-state index in [1.807, 2.05) is 0 Å². The SMILES string of the molecule is Cc1nnc(SCC(=O)Nc2cc(N)ccc2F)o1. The van der Waals surface area contributed by atoms with Gasteiger partial charge in [0.2, 0.25) is 11.8 Å². The van der Waals surface area contributed by atoms with E-state index in [0.717, 1.165) is 11.8 Å². The number of nitrogens with two attached hydrogens (primary N) is 1. The monoisotopic (exact) mass is 282 g/mol. The maximum absolute atomic E-state index is 13.4. The third kappa shape index (κ3) is 3.68. The van der Waals surface area contributed by atoms with Crippen LogP contribution in [0.1, 0.15) is 5.89 Å². The number of aromatic nitrogens is 2. The summed E-state index contributed by atoms with van der Waals surface area (Å²) in [6.07, 6.45) is 0. The van der Waals surface area contributed by atoms with Crippen LogP contribution in [0.3, 0.4) is 0 Å². The number of nitrogens with one attached hydrogen (secondary N) is 1. The van der Waals surface area contributed by atoms with Crippen molar-refractivity contribution in [2.24, 2.45) is 0 Å². The summed E-state index contributed by atoms with van der Waals surface area (Å²) in [7, 11) is 0. The van der Waals surface area contributed by atoms with Gasteiger partial charge in [0.25, 0.3) is 5.22 Å². The van der Waals surface area contributed by atoms with Gasteiger partial charge in [-0.15, -0.1) is 10.2 Å². The quantitative estimate of drug-likeness (QED) is 0.656. The van der Waals surface area contributed by atoms with E-state index in [1.54, 1.807) is 6.92 Å². The van der Waals surface area contributed by atoms with E-state index in [0.29, 0.717) is 16.8 Å². The molecule has 1 aromatic carbocycles. The van der Waals surface area contributed by atoms with Crippen molar-refractivity contribution in [1.82, 2.24) is 10.2 Å². The molecule has 1 heterocycles. The number of hydrogen-bond acceptors (Lipinski definition) is 6. The summed E-state index contributed by atoms with van der Waals surface area (Å²) in [5.74, 6) is -0.466. The number of aryl methyl sites for hydroxylation is 1. The maximum atomic E-state index is 13.4. The third-order valence-electron chi connectivity index (χ3n) is 2.10. The molecule has 0 fully saturated rings. The first kappa shape index (κ1) is 13.3. The van der Waals surface area contributed by atoms with Gasteiger partial charge in [-0.05, 0) is 18.2 Å². The van der Waals surface area contributed by atoms with Crippen molar-refractivity contribution >= 4 is 29.0 Å². The largest absolute Gasteiger partial charge is 0.416 e. The second-order valence-corrected chi connectivity index (χ2v) is 4.59. The molecule has 0 radical (unpaired) electrons. The zero-order chi connectivity index (χ0) is 13.8. The highest BCUT2D eigenvalue weighted by Crippen LogP contribution is 2.19. The fourth-order valence-electron chi connectivity index (χ4n) is 1.29. The van der Waals surface area contributed by atoms with E-state index >= 15 is 0 Å². The molecule has 19 heavy (non-hydrogen) atoms. The average Bonchev–Trinajstić information content (AvgIpc) is 2.77. The van der Waals surface area contributed by atoms with E-state index in [4.69, 9.17) is 10.2 Å². The van der Waals surface area contributed by atoms with Crippen molar-refractivity contribution in [2.45, 2.75) is 12.1 Å². The summed E-state index contributed by atoms with van der Waals surface area (Å²) in [6, 6.07) is 3.97. The van der Waals surface area contributed by atoms with Crippen LogP contribution in [-0.2, 0) is 4.79 Å². The van der Waals surface area contributed by atoms with Crippen molar-refractivity contribution in [3.63, 3.8) is 0 Å². The lowest BCUT2D eigenvalue weighted by Gasteiger charge is -2.06. The number of benzene rings is 1. The number of anilines is 2. The zero-order valence-electron chi connectivity index (χ0n) is 10.0. The minimum atomic E-state index is -0.541. The molecule has 0 aliphatic carbocycles. The Morgan fingerprint density at radius 2 is 2.32 bits per heavy atom. The number of nitrogens with zero attached hydrogens (tertiary/aromatic N) is 2. The molecule has 3 N–H and O–H groups in total. The fourth-order valence-corrected chi connectivity index (χ4v) is 1.89. The first-order valence-corrected chi connectivity index (χ1v) is 6.31. The molecule has 0 atom stereocenters. The van der Waals surface area contributed by atoms with Gasteiger partial charge in [0, 0.05) is 12.6 Å². The fraction of sp³-hybridized carbons (Fsp3) is 0.182. The van der Waals surface area contributed by atoms with E-state index in [9.17, 15) is 9.18 Å². The molecule has 100 valence electrons. The Balaban J connectivity index is 1.92. The van der Waals surface area contributed by atoms with Gasteiger partial charge in [-0.1, -0.05) is 11.8 Å². The molecule has 8 heteroatoms. The Morgan fingerprint density at radius 1 is 1.53 bits per heavy atom. The molecule has 2 aromatic rings. The average molecular weight is 282 g/mol. The number of nitrogen functional groups attached to an aromatic ring is 1. The summed E-state index contributed by atoms with van der Waals surface area (Å²) in [5.41, 5.74) is 5.94. The van der Waals surface area contributed by atoms with Crippen molar-refractivity contribution in [3.05, 3.63) is 29.9 Å². The van der Waals surface area contributed by atoms with Gasteiger partial charge in [0.15, 0.2) is 0 Å². The first-order chi connectivity index (χ1) is 9.04. The molecule has 6 nitrogen and oxygen atoms in total. The van der Waals surface area contributed by atoms with Crippen molar-refractivity contribution < 1.29 is 13.6 Å². The summed E-state index contributed by atoms with van der Waals surface area (Å²) in [4.78, 5) is 11.6. The molecule has 1 amide bonds. The first-order valence-electron chi connectivity index (χ1n) is 5.32. The minimum Gasteiger partial charge on any atom is -0.416 e. The van der Waals surface area contributed by atoms with Gasteiger partial charge in [0.05, 0.1) is 11.4 Å². The molecule has 0 saturated heterocycles. The number of carbonyl (C=O) groups excluding carboxylic acids is 1. The van der Waals surface area contributed by atoms with E-state index in [-0.39, 0.29) is 17.3 Å². The van der Waals surface area contributed by atoms with Crippen LogP contribution in [-0.4, -0.2) is 21.9 Å². The highest BCUT2D eigenvalue weighted by Gasteiger charge is 2.10. The van der Waals surface area contributed by atoms with E-state index < -0.39 is 5.82 Å². The lowest BCUT2D eigenvalue weighted by molar-refractivity contribution is -0.113. The standard InChI is InChI=1S/C11H11FN4O2S/c1-6-15-16-11(18-6)19-5-10(17)14-9-4-7(13)2-3-8(9)12/h2-4H,5,13H2,1H3,(H,14,17). The van der Waals surface area contributed by atoms with Crippen LogP contribution in [0.5, 0.6) is 0 Å². The number of carbonyl (C=O) groups is 1. The molecule has 2 rings (SSSR count). The molecular weight excluding hydrogens is 271 g/mol. The molecule has 0 bridgehead atoms. The second-order valence-electron chi connectivity index (χ2n) is 3.66. The van der Waals surface area contributed by atoms with Crippen LogP contribution in [0, 0.1) is 12.7 Å². The van der Waals surface area contributed by atoms with Gasteiger partial charge >= 0.3 is 0 Å². The van der Waals surface area contributed by atoms with Gasteiger partial charge in [-0.3, -0.25) is 4.79 Å². The molecule has 0 saturated carbocycles. The number of halogens is 1. The molecule has 0 spiro atoms. The number of thioether (sulfide) groups is 1. The third-order valence-corrected chi connectivity index (χ3v) is 2.92. The van der Waals surface area contributed by atoms with Crippen molar-refractivity contribution in [2.75, 3.05) is 16.8 Å². The Bertz CT molecular complexity index is 602. The Hall–Kier alpha value is -2.09. The van der Waals surface area contributed by atoms with Crippen LogP contribution < -0.4 is 11.1 Å². The van der Waals surface area contributed by atoms with Gasteiger partial charge in [-0.25, -0.2) is 4.39 Å². The molecule has 0 aliphatic heterocycles. The highest BCUT2D eigenvalue weighted by molar-refractivity contribution is 7.99. The summed E-state index contributed by atoms with van der Waals surface area (Å²) in [5, 5.41) is 10.1. The molecule has 0 unspecified atom stereocenters. The Kier molecular flexibility index (Phi) is 4.00. The van der Waals surface area contributed by atoms with Crippen LogP contribution >= 0.6 is 11.8 Å². The van der Waals surface area contributed by atoms with E-state index in [1.165, 1.54) is 18.2 Å². The molecule has 1 aromatic heterocycles. The van der Waals surface area contributed by atoms with Crippen LogP contribution in [0.25, 0.3) is 0 Å². The lowest BCUT2D eigenvalue weighted by Crippen LogP contribution is -2.15. The van der Waals surface area contributed by atoms with Crippen molar-refractivity contribution in [1.29, 1.82) is 0 Å². The van der Waals surface area contributed by atoms with E-state index in [2.05, 4.69) is 15.5 Å². The Labute approximate surface area is 112 Å². The van der Waals surface area contributed by atoms with Crippen LogP contribution in [0.15, 0.2) is 27.8 Å². The summed E-state index contributed by atoms with van der Waals surface area (Å²) < 4.78 is 18.5. The topological polar surface area (TPSA) is 94.0 Å². The smallest absolute Gasteiger partial charge is 0.277 e. The van der Waals surface area contributed by atoms with Crippen LogP contribution in [0.2, 0.25) is 0 Å². The normalized spacial score (nSPS) is 10.4. The van der Waals surface area contributed by atoms with Gasteiger partial charge in [-0.2, -0.15) is 0 Å². The van der Waals surface area contributed by atoms with Crippen LogP contribution in [0.4, 0.5) is 15.8 Å². The predicted octanol–water partition coefficient (Wildman–Crippen LogP) is 1.83. The Morgan fingerprint density at radius 3 is 3.00 bits per heavy atom. The minimum absolute atomic E-state index is 0.0376. The highest BCUT2D eigenvalue weighted by atomic mass is 32.2. The van der Waals surface area contributed by atoms with Crippen molar-refractivity contribution in [3.8, 4) is 0 Å². The molecular formula is C11H11FN4O2S. The lowest BCUT2D eigenvalue weighted by atomic mass is 10.2. The predicted molar refractivity (Wildman–Crippen MR) is 69.2 cm³/mol. The number of rotatable bonds is 4. The maximum Gasteiger partial charge on any atom is 0.277 e. The summed E-state index contributed by atoms with van der Waals surface area (Å²) in [6.45, 7) is 1.65.